The van der Waals surface area contributed by atoms with Crippen LogP contribution in [0.25, 0.3) is 16.7 Å². The van der Waals surface area contributed by atoms with E-state index in [9.17, 15) is 32.3 Å². The van der Waals surface area contributed by atoms with Crippen LogP contribution < -0.4 is 16.1 Å². The Morgan fingerprint density at radius 1 is 1.23 bits per heavy atom. The van der Waals surface area contributed by atoms with Gasteiger partial charge in [-0.05, 0) is 19.0 Å². The third-order valence-electron chi connectivity index (χ3n) is 4.92. The smallest absolute Gasteiger partial charge is 0.341 e. The van der Waals surface area contributed by atoms with Crippen molar-refractivity contribution in [2.75, 3.05) is 18.4 Å². The summed E-state index contributed by atoms with van der Waals surface area (Å²) in [4.78, 5) is 27.3. The summed E-state index contributed by atoms with van der Waals surface area (Å²) in [6.45, 7) is 1.19. The van der Waals surface area contributed by atoms with Gasteiger partial charge in [0.1, 0.15) is 11.4 Å². The third kappa shape index (κ3) is 3.59. The van der Waals surface area contributed by atoms with Crippen molar-refractivity contribution in [1.82, 2.24) is 14.9 Å². The fourth-order valence-corrected chi connectivity index (χ4v) is 3.79. The van der Waals surface area contributed by atoms with Crippen LogP contribution in [0.4, 0.5) is 23.2 Å². The van der Waals surface area contributed by atoms with Gasteiger partial charge in [-0.1, -0.05) is 11.6 Å². The van der Waals surface area contributed by atoms with Crippen LogP contribution in [0.3, 0.4) is 0 Å². The largest absolute Gasteiger partial charge is 0.477 e. The lowest BCUT2D eigenvalue weighted by atomic mass is 10.1. The molecular formula is C19H13ClF4N4O3. The maximum Gasteiger partial charge on any atom is 0.341 e. The number of carboxylic acids is 1. The Bertz CT molecular complexity index is 1290. The van der Waals surface area contributed by atoms with Crippen LogP contribution >= 0.6 is 11.6 Å². The summed E-state index contributed by atoms with van der Waals surface area (Å²) < 4.78 is 57.1. The quantitative estimate of drug-likeness (QED) is 0.412. The van der Waals surface area contributed by atoms with Crippen molar-refractivity contribution in [3.05, 3.63) is 62.5 Å². The van der Waals surface area contributed by atoms with Crippen LogP contribution in [0.2, 0.25) is 5.02 Å². The number of pyridine rings is 2. The van der Waals surface area contributed by atoms with Gasteiger partial charge in [-0.15, -0.1) is 0 Å². The molecule has 1 saturated heterocycles. The number of nitrogens with zero attached hydrogens (tertiary/aromatic N) is 2. The van der Waals surface area contributed by atoms with Crippen LogP contribution in [-0.4, -0.2) is 39.8 Å². The lowest BCUT2D eigenvalue weighted by Gasteiger charge is -2.19. The first kappa shape index (κ1) is 21.1. The molecule has 0 radical (unpaired) electrons. The molecule has 12 heteroatoms. The van der Waals surface area contributed by atoms with Crippen molar-refractivity contribution in [1.29, 1.82) is 0 Å². The van der Waals surface area contributed by atoms with E-state index in [0.29, 0.717) is 30.3 Å². The van der Waals surface area contributed by atoms with Gasteiger partial charge in [0, 0.05) is 24.8 Å². The number of aromatic carboxylic acids is 1. The predicted octanol–water partition coefficient (Wildman–Crippen LogP) is 3.07. The molecule has 1 aromatic carbocycles. The number of hydrogen-bond donors (Lipinski definition) is 3. The number of fused-ring (bicyclic) bond motifs is 1. The number of nitrogens with one attached hydrogen (secondary N) is 2. The van der Waals surface area contributed by atoms with E-state index in [1.54, 1.807) is 0 Å². The Labute approximate surface area is 176 Å². The molecule has 0 amide bonds. The molecule has 31 heavy (non-hydrogen) atoms. The first-order chi connectivity index (χ1) is 14.7. The summed E-state index contributed by atoms with van der Waals surface area (Å²) >= 11 is 6.36. The number of halogens is 5. The standard InChI is InChI=1S/C19H13ClF4N4O3/c20-13-14(26-7-1-2-25-5-7)10(21)3-8-15(13)28(6-9(16(8)29)19(30)31)18-12(23)4-11(22)17(24)27-18/h3-4,6-7,25-26H,1-2,5H2,(H,30,31). The maximum absolute atomic E-state index is 14.8. The highest BCUT2D eigenvalue weighted by Gasteiger charge is 2.25. The highest BCUT2D eigenvalue weighted by Crippen LogP contribution is 2.35. The topological polar surface area (TPSA) is 96.2 Å². The van der Waals surface area contributed by atoms with Crippen molar-refractivity contribution < 1.29 is 27.5 Å². The molecule has 0 aliphatic carbocycles. The molecule has 0 bridgehead atoms. The summed E-state index contributed by atoms with van der Waals surface area (Å²) in [5, 5.41) is 14.4. The van der Waals surface area contributed by atoms with E-state index < -0.39 is 51.6 Å². The van der Waals surface area contributed by atoms with E-state index in [2.05, 4.69) is 15.6 Å². The molecule has 2 aromatic heterocycles. The highest BCUT2D eigenvalue weighted by atomic mass is 35.5. The van der Waals surface area contributed by atoms with Gasteiger partial charge < -0.3 is 15.7 Å². The van der Waals surface area contributed by atoms with Gasteiger partial charge in [-0.2, -0.15) is 9.37 Å². The van der Waals surface area contributed by atoms with E-state index in [4.69, 9.17) is 11.6 Å². The van der Waals surface area contributed by atoms with Crippen molar-refractivity contribution in [3.63, 3.8) is 0 Å². The molecule has 3 N–H and O–H groups in total. The van der Waals surface area contributed by atoms with Crippen LogP contribution in [0.5, 0.6) is 0 Å². The van der Waals surface area contributed by atoms with Gasteiger partial charge >= 0.3 is 5.97 Å². The number of rotatable bonds is 4. The molecule has 1 atom stereocenters. The molecule has 4 rings (SSSR count). The number of carboxylic acid groups (broad SMARTS) is 1. The Balaban J connectivity index is 2.08. The summed E-state index contributed by atoms with van der Waals surface area (Å²) in [6, 6.07) is 0.777. The molecule has 3 heterocycles. The van der Waals surface area contributed by atoms with E-state index in [1.807, 2.05) is 0 Å². The maximum atomic E-state index is 14.8. The molecule has 0 spiro atoms. The number of anilines is 1. The highest BCUT2D eigenvalue weighted by molar-refractivity contribution is 6.38. The molecule has 0 saturated carbocycles. The fourth-order valence-electron chi connectivity index (χ4n) is 3.45. The average molecular weight is 457 g/mol. The zero-order chi connectivity index (χ0) is 22.4. The van der Waals surface area contributed by atoms with Crippen LogP contribution in [0.1, 0.15) is 16.8 Å². The lowest BCUT2D eigenvalue weighted by Crippen LogP contribution is -2.24. The van der Waals surface area contributed by atoms with Crippen molar-refractivity contribution in [2.24, 2.45) is 0 Å². The lowest BCUT2D eigenvalue weighted by molar-refractivity contribution is 0.0695. The number of hydrogen-bond acceptors (Lipinski definition) is 5. The number of aromatic nitrogens is 2. The first-order valence-corrected chi connectivity index (χ1v) is 9.36. The molecule has 1 aliphatic heterocycles. The van der Waals surface area contributed by atoms with Crippen LogP contribution in [-0.2, 0) is 0 Å². The molecule has 1 aliphatic rings. The van der Waals surface area contributed by atoms with Gasteiger partial charge in [0.25, 0.3) is 5.95 Å². The summed E-state index contributed by atoms with van der Waals surface area (Å²) in [7, 11) is 0. The van der Waals surface area contributed by atoms with Gasteiger partial charge in [0.05, 0.1) is 21.6 Å². The van der Waals surface area contributed by atoms with E-state index in [-0.39, 0.29) is 28.3 Å². The fraction of sp³-hybridized carbons (Fsp3) is 0.211. The Kier molecular flexibility index (Phi) is 5.31. The van der Waals surface area contributed by atoms with Crippen LogP contribution in [0.15, 0.2) is 23.1 Å². The monoisotopic (exact) mass is 456 g/mol. The molecule has 162 valence electrons. The SMILES string of the molecule is O=C(O)c1cn(-c2nc(F)c(F)cc2F)c2c(Cl)c(NC3CCNC3)c(F)cc2c1=O. The van der Waals surface area contributed by atoms with Crippen molar-refractivity contribution in [3.8, 4) is 5.82 Å². The van der Waals surface area contributed by atoms with E-state index >= 15 is 0 Å². The molecule has 3 aromatic rings. The average Bonchev–Trinajstić information content (AvgIpc) is 3.22. The summed E-state index contributed by atoms with van der Waals surface area (Å²) in [6.07, 6.45) is 1.33. The minimum atomic E-state index is -1.69. The van der Waals surface area contributed by atoms with Crippen molar-refractivity contribution in [2.45, 2.75) is 12.5 Å². The Hall–Kier alpha value is -3.18. The third-order valence-corrected chi connectivity index (χ3v) is 5.28. The molecule has 1 unspecified atom stereocenters. The van der Waals surface area contributed by atoms with Crippen LogP contribution in [0, 0.1) is 23.4 Å². The van der Waals surface area contributed by atoms with E-state index in [1.165, 1.54) is 0 Å². The van der Waals surface area contributed by atoms with Gasteiger partial charge in [-0.25, -0.2) is 18.0 Å². The minimum absolute atomic E-state index is 0.193. The summed E-state index contributed by atoms with van der Waals surface area (Å²) in [5.41, 5.74) is -2.47. The van der Waals surface area contributed by atoms with Gasteiger partial charge in [0.15, 0.2) is 17.5 Å². The second kappa shape index (κ2) is 7.82. The van der Waals surface area contributed by atoms with Gasteiger partial charge in [0.2, 0.25) is 5.43 Å². The second-order valence-electron chi connectivity index (χ2n) is 6.89. The Morgan fingerprint density at radius 2 is 1.97 bits per heavy atom. The molecule has 1 fully saturated rings. The predicted molar refractivity (Wildman–Crippen MR) is 104 cm³/mol. The first-order valence-electron chi connectivity index (χ1n) is 8.99. The summed E-state index contributed by atoms with van der Waals surface area (Å²) in [5.74, 6) is -8.07. The molecular weight excluding hydrogens is 444 g/mol. The van der Waals surface area contributed by atoms with Gasteiger partial charge in [-0.3, -0.25) is 9.36 Å². The zero-order valence-electron chi connectivity index (χ0n) is 15.5. The zero-order valence-corrected chi connectivity index (χ0v) is 16.2. The van der Waals surface area contributed by atoms with E-state index in [0.717, 1.165) is 6.07 Å². The minimum Gasteiger partial charge on any atom is -0.477 e. The Morgan fingerprint density at radius 3 is 2.61 bits per heavy atom. The van der Waals surface area contributed by atoms with Crippen molar-refractivity contribution >= 4 is 34.2 Å². The number of benzene rings is 1. The normalized spacial score (nSPS) is 16.1. The molecule has 7 nitrogen and oxygen atoms in total. The second-order valence-corrected chi connectivity index (χ2v) is 7.27. The number of carbonyl (C=O) groups is 1.